The Balaban J connectivity index is 1.60. The fraction of sp³-hybridized carbons (Fsp3) is 0.909. The molecule has 3 saturated heterocycles. The van der Waals surface area contributed by atoms with Crippen LogP contribution in [0.1, 0.15) is 66.2 Å². The summed E-state index contributed by atoms with van der Waals surface area (Å²) in [5.41, 5.74) is -0.450. The largest absolute Gasteiger partial charge is 0.444 e. The number of guanidine groups is 1. The number of hydrogen-bond donors (Lipinski definition) is 2. The molecule has 8 heteroatoms. The van der Waals surface area contributed by atoms with E-state index in [4.69, 9.17) is 14.5 Å². The summed E-state index contributed by atoms with van der Waals surface area (Å²) < 4.78 is 11.4. The predicted octanol–water partition coefficient (Wildman–Crippen LogP) is 3.38. The van der Waals surface area contributed by atoms with Crippen LogP contribution in [0.3, 0.4) is 0 Å². The summed E-state index contributed by atoms with van der Waals surface area (Å²) in [6.07, 6.45) is 8.14. The van der Waals surface area contributed by atoms with Crippen molar-refractivity contribution >= 4 is 23.8 Å². The van der Waals surface area contributed by atoms with Crippen LogP contribution in [0.2, 0.25) is 0 Å². The Morgan fingerprint density at radius 1 is 1.23 bits per heavy atom. The van der Waals surface area contributed by atoms with Crippen molar-refractivity contribution < 1.29 is 14.3 Å². The van der Waals surface area contributed by atoms with E-state index >= 15 is 0 Å². The molecule has 3 fully saturated rings. The summed E-state index contributed by atoms with van der Waals surface area (Å²) in [6, 6.07) is 0.845. The minimum absolute atomic E-state index is 0.157. The van der Waals surface area contributed by atoms with Crippen LogP contribution < -0.4 is 10.6 Å². The van der Waals surface area contributed by atoms with Crippen LogP contribution in [-0.2, 0) is 9.47 Å². The van der Waals surface area contributed by atoms with Gasteiger partial charge in [0, 0.05) is 42.6 Å². The highest BCUT2D eigenvalue weighted by Gasteiger charge is 2.45. The van der Waals surface area contributed by atoms with Gasteiger partial charge in [-0.25, -0.2) is 4.79 Å². The summed E-state index contributed by atoms with van der Waals surface area (Å²) in [5, 5.41) is 7.08. The maximum Gasteiger partial charge on any atom is 0.410 e. The Bertz CT molecular complexity index is 602. The molecule has 3 rings (SSSR count). The molecule has 7 nitrogen and oxygen atoms in total. The lowest BCUT2D eigenvalue weighted by Crippen LogP contribution is -2.55. The molecule has 0 aromatic heterocycles. The number of nitrogens with one attached hydrogen (secondary N) is 2. The van der Waals surface area contributed by atoms with E-state index in [2.05, 4.69) is 23.8 Å². The molecule has 3 aliphatic heterocycles. The van der Waals surface area contributed by atoms with Gasteiger partial charge in [-0.3, -0.25) is 4.99 Å². The van der Waals surface area contributed by atoms with E-state index < -0.39 is 5.60 Å². The minimum Gasteiger partial charge on any atom is -0.444 e. The third-order valence-electron chi connectivity index (χ3n) is 6.38. The van der Waals surface area contributed by atoms with Gasteiger partial charge in [-0.2, -0.15) is 11.8 Å². The number of nitrogens with zero attached hydrogens (tertiary/aromatic N) is 2. The first kappa shape index (κ1) is 23.5. The molecular weight excluding hydrogens is 400 g/mol. The van der Waals surface area contributed by atoms with Gasteiger partial charge in [0.1, 0.15) is 5.60 Å². The molecule has 0 spiro atoms. The number of rotatable bonds is 5. The summed E-state index contributed by atoms with van der Waals surface area (Å²) in [6.45, 7) is 11.2. The number of thioether (sulfide) groups is 1. The fourth-order valence-electron chi connectivity index (χ4n) is 4.81. The van der Waals surface area contributed by atoms with Crippen LogP contribution in [0.4, 0.5) is 4.79 Å². The van der Waals surface area contributed by atoms with Crippen molar-refractivity contribution in [3.63, 3.8) is 0 Å². The van der Waals surface area contributed by atoms with Gasteiger partial charge in [0.15, 0.2) is 5.96 Å². The normalized spacial score (nSPS) is 28.9. The molecule has 172 valence electrons. The van der Waals surface area contributed by atoms with E-state index in [0.29, 0.717) is 6.04 Å². The Labute approximate surface area is 186 Å². The van der Waals surface area contributed by atoms with E-state index in [1.807, 2.05) is 37.4 Å². The Hall–Kier alpha value is -1.15. The topological polar surface area (TPSA) is 75.2 Å². The average molecular weight is 441 g/mol. The minimum atomic E-state index is -0.450. The first-order valence-corrected chi connectivity index (χ1v) is 12.7. The lowest BCUT2D eigenvalue weighted by atomic mass is 9.97. The molecule has 0 aliphatic carbocycles. The zero-order chi connectivity index (χ0) is 21.8. The van der Waals surface area contributed by atoms with Gasteiger partial charge in [0.25, 0.3) is 0 Å². The highest BCUT2D eigenvalue weighted by molar-refractivity contribution is 8.00. The highest BCUT2D eigenvalue weighted by Crippen LogP contribution is 2.37. The summed E-state index contributed by atoms with van der Waals surface area (Å²) in [4.78, 5) is 19.6. The third kappa shape index (κ3) is 5.96. The Morgan fingerprint density at radius 2 is 1.87 bits per heavy atom. The molecule has 2 atom stereocenters. The fourth-order valence-corrected chi connectivity index (χ4v) is 5.58. The van der Waals surface area contributed by atoms with Crippen molar-refractivity contribution in [2.75, 3.05) is 32.6 Å². The summed E-state index contributed by atoms with van der Waals surface area (Å²) in [7, 11) is 0. The van der Waals surface area contributed by atoms with E-state index in [0.717, 1.165) is 70.8 Å². The van der Waals surface area contributed by atoms with E-state index in [1.165, 1.54) is 0 Å². The van der Waals surface area contributed by atoms with Crippen LogP contribution >= 0.6 is 11.8 Å². The van der Waals surface area contributed by atoms with Gasteiger partial charge in [-0.05, 0) is 72.5 Å². The van der Waals surface area contributed by atoms with Crippen LogP contribution in [-0.4, -0.2) is 78.0 Å². The molecule has 30 heavy (non-hydrogen) atoms. The van der Waals surface area contributed by atoms with Gasteiger partial charge in [-0.1, -0.05) is 0 Å². The molecule has 2 unspecified atom stereocenters. The summed E-state index contributed by atoms with van der Waals surface area (Å²) >= 11 is 1.92. The quantitative estimate of drug-likeness (QED) is 0.504. The molecule has 2 bridgehead atoms. The first-order chi connectivity index (χ1) is 14.3. The Morgan fingerprint density at radius 3 is 2.40 bits per heavy atom. The van der Waals surface area contributed by atoms with Crippen molar-refractivity contribution in [1.82, 2.24) is 15.5 Å². The molecule has 3 heterocycles. The zero-order valence-corrected chi connectivity index (χ0v) is 20.1. The highest BCUT2D eigenvalue weighted by atomic mass is 32.2. The van der Waals surface area contributed by atoms with Crippen LogP contribution in [0, 0.1) is 0 Å². The smallest absolute Gasteiger partial charge is 0.410 e. The van der Waals surface area contributed by atoms with Gasteiger partial charge in [0.2, 0.25) is 0 Å². The molecule has 0 saturated carbocycles. The number of aliphatic imine (C=N–C) groups is 1. The number of hydrogen-bond acceptors (Lipinski definition) is 5. The van der Waals surface area contributed by atoms with Gasteiger partial charge < -0.3 is 25.0 Å². The second-order valence-electron chi connectivity index (χ2n) is 9.78. The molecule has 2 N–H and O–H groups in total. The molecular formula is C22H40N4O3S. The number of fused-ring (bicyclic) bond motifs is 2. The molecule has 0 aromatic rings. The first-order valence-electron chi connectivity index (χ1n) is 11.4. The third-order valence-corrected chi connectivity index (χ3v) is 7.79. The van der Waals surface area contributed by atoms with Crippen molar-refractivity contribution in [3.05, 3.63) is 0 Å². The van der Waals surface area contributed by atoms with Gasteiger partial charge in [-0.15, -0.1) is 0 Å². The number of piperidine rings is 1. The van der Waals surface area contributed by atoms with Crippen molar-refractivity contribution in [2.24, 2.45) is 4.99 Å². The molecule has 0 aromatic carbocycles. The van der Waals surface area contributed by atoms with Crippen molar-refractivity contribution in [1.29, 1.82) is 0 Å². The predicted molar refractivity (Wildman–Crippen MR) is 123 cm³/mol. The van der Waals surface area contributed by atoms with E-state index in [9.17, 15) is 4.79 Å². The maximum atomic E-state index is 12.7. The lowest BCUT2D eigenvalue weighted by molar-refractivity contribution is 0.00544. The summed E-state index contributed by atoms with van der Waals surface area (Å²) in [5.74, 6) is 0.896. The Kier molecular flexibility index (Phi) is 7.82. The number of ether oxygens (including phenoxy) is 2. The average Bonchev–Trinajstić information content (AvgIpc) is 2.97. The standard InChI is InChI=1S/C22H40N4O3S/c1-6-23-19(24-15-22(30-5)9-11-28-12-10-22)25-16-13-17-7-8-18(14-16)26(17)20(27)29-21(2,3)4/h16-18H,6-15H2,1-5H3,(H2,23,24,25). The maximum absolute atomic E-state index is 12.7. The van der Waals surface area contributed by atoms with Crippen molar-refractivity contribution in [2.45, 2.75) is 94.7 Å². The second kappa shape index (κ2) is 9.98. The number of carbonyl (C=O) groups excluding carboxylic acids is 1. The SMILES string of the molecule is CCNC(=NCC1(SC)CCOCC1)NC1CC2CCC(C1)N2C(=O)OC(C)(C)C. The van der Waals surface area contributed by atoms with Crippen LogP contribution in [0.15, 0.2) is 4.99 Å². The number of carbonyl (C=O) groups is 1. The molecule has 3 aliphatic rings. The lowest BCUT2D eigenvalue weighted by Gasteiger charge is -2.40. The van der Waals surface area contributed by atoms with Crippen LogP contribution in [0.25, 0.3) is 0 Å². The number of amides is 1. The molecule has 1 amide bonds. The zero-order valence-electron chi connectivity index (χ0n) is 19.3. The van der Waals surface area contributed by atoms with Gasteiger partial charge in [0.05, 0.1) is 6.54 Å². The monoisotopic (exact) mass is 440 g/mol. The van der Waals surface area contributed by atoms with E-state index in [-0.39, 0.29) is 22.9 Å². The van der Waals surface area contributed by atoms with E-state index in [1.54, 1.807) is 0 Å². The second-order valence-corrected chi connectivity index (χ2v) is 11.1. The van der Waals surface area contributed by atoms with Gasteiger partial charge >= 0.3 is 6.09 Å². The van der Waals surface area contributed by atoms with Crippen LogP contribution in [0.5, 0.6) is 0 Å². The van der Waals surface area contributed by atoms with Crippen molar-refractivity contribution in [3.8, 4) is 0 Å². The molecule has 0 radical (unpaired) electrons.